The second kappa shape index (κ2) is 2.79. The molecular weight excluding hydrogens is 227 g/mol. The monoisotopic (exact) mass is 236 g/mol. The summed E-state index contributed by atoms with van der Waals surface area (Å²) in [4.78, 5) is 9.22. The van der Waals surface area contributed by atoms with Crippen molar-refractivity contribution in [3.8, 4) is 0 Å². The van der Waals surface area contributed by atoms with E-state index >= 15 is 0 Å². The number of benzene rings is 1. The van der Waals surface area contributed by atoms with Crippen LogP contribution in [0, 0.1) is 0 Å². The van der Waals surface area contributed by atoms with E-state index in [9.17, 15) is 0 Å². The number of aromatic nitrogens is 2. The summed E-state index contributed by atoms with van der Waals surface area (Å²) < 4.78 is 0. The third-order valence-corrected chi connectivity index (χ3v) is 4.21. The fraction of sp³-hybridized carbons (Fsp3) is 0.200. The van der Waals surface area contributed by atoms with E-state index in [0.717, 1.165) is 11.0 Å². The maximum absolute atomic E-state index is 4.61. The van der Waals surface area contributed by atoms with Crippen LogP contribution in [0.2, 0.25) is 0 Å². The Morgan fingerprint density at radius 3 is 2.00 bits per heavy atom. The molecule has 0 radical (unpaired) electrons. The molecule has 0 fully saturated rings. The maximum atomic E-state index is 4.61. The summed E-state index contributed by atoms with van der Waals surface area (Å²) in [6, 6.07) is 8.11. The molecule has 1 aromatic carbocycles. The van der Waals surface area contributed by atoms with Crippen LogP contribution < -0.4 is 0 Å². The average molecular weight is 235 g/mol. The van der Waals surface area contributed by atoms with Gasteiger partial charge in [-0.25, -0.2) is 0 Å². The molecule has 3 rings (SSSR count). The zero-order valence-corrected chi connectivity index (χ0v) is 8.74. The topological polar surface area (TPSA) is 25.8 Å². The molecule has 1 aliphatic heterocycles. The molecule has 0 unspecified atom stereocenters. The van der Waals surface area contributed by atoms with Crippen molar-refractivity contribution >= 4 is 26.0 Å². The van der Waals surface area contributed by atoms with E-state index in [1.165, 1.54) is 22.0 Å². The molecule has 1 aromatic heterocycles. The molecule has 1 aliphatic rings. The molecule has 13 heavy (non-hydrogen) atoms. The number of para-hydroxylation sites is 2. The Kier molecular flexibility index (Phi) is 1.61. The fourth-order valence-electron chi connectivity index (χ4n) is 1.55. The average Bonchev–Trinajstić information content (AvgIpc) is 2.61. The Hall–Kier alpha value is -0.921. The molecular formula is C10H8N2Se. The van der Waals surface area contributed by atoms with Crippen LogP contribution in [0.15, 0.2) is 24.3 Å². The van der Waals surface area contributed by atoms with Crippen LogP contribution in [0.25, 0.3) is 11.0 Å². The minimum absolute atomic E-state index is 0.708. The molecule has 2 nitrogen and oxygen atoms in total. The molecule has 2 heterocycles. The number of fused-ring (bicyclic) bond motifs is 2. The number of hydrogen-bond acceptors (Lipinski definition) is 2. The number of nitrogens with zero attached hydrogens (tertiary/aromatic N) is 2. The Morgan fingerprint density at radius 1 is 0.923 bits per heavy atom. The molecule has 0 bridgehead atoms. The van der Waals surface area contributed by atoms with Gasteiger partial charge in [0.05, 0.1) is 0 Å². The van der Waals surface area contributed by atoms with Crippen molar-refractivity contribution in [1.29, 1.82) is 0 Å². The number of rotatable bonds is 0. The Balaban J connectivity index is 2.36. The van der Waals surface area contributed by atoms with Crippen molar-refractivity contribution in [3.05, 3.63) is 35.7 Å². The zero-order chi connectivity index (χ0) is 8.67. The summed E-state index contributed by atoms with van der Waals surface area (Å²) in [5, 5.41) is 2.33. The van der Waals surface area contributed by atoms with Crippen molar-refractivity contribution in [2.24, 2.45) is 0 Å². The zero-order valence-electron chi connectivity index (χ0n) is 7.03. The first-order chi connectivity index (χ1) is 6.43. The molecule has 0 saturated carbocycles. The third kappa shape index (κ3) is 1.16. The summed E-state index contributed by atoms with van der Waals surface area (Å²) >= 11 is 0.708. The van der Waals surface area contributed by atoms with E-state index in [4.69, 9.17) is 0 Å². The van der Waals surface area contributed by atoms with Crippen molar-refractivity contribution in [2.45, 2.75) is 10.6 Å². The van der Waals surface area contributed by atoms with Gasteiger partial charge in [0.15, 0.2) is 0 Å². The van der Waals surface area contributed by atoms with Gasteiger partial charge in [0.1, 0.15) is 0 Å². The minimum atomic E-state index is 0.708. The second-order valence-electron chi connectivity index (χ2n) is 3.10. The van der Waals surface area contributed by atoms with E-state index in [1.54, 1.807) is 0 Å². The van der Waals surface area contributed by atoms with Crippen molar-refractivity contribution in [1.82, 2.24) is 9.97 Å². The molecule has 3 heteroatoms. The van der Waals surface area contributed by atoms with Gasteiger partial charge in [0.2, 0.25) is 0 Å². The Bertz CT molecular complexity index is 425. The first kappa shape index (κ1) is 7.48. The molecule has 0 aliphatic carbocycles. The van der Waals surface area contributed by atoms with Crippen LogP contribution in [0.5, 0.6) is 0 Å². The molecule has 64 valence electrons. The summed E-state index contributed by atoms with van der Waals surface area (Å²) in [5.41, 5.74) is 4.55. The summed E-state index contributed by atoms with van der Waals surface area (Å²) in [5.74, 6) is 0. The van der Waals surface area contributed by atoms with E-state index in [-0.39, 0.29) is 0 Å². The van der Waals surface area contributed by atoms with Crippen molar-refractivity contribution < 1.29 is 0 Å². The first-order valence-corrected chi connectivity index (χ1v) is 6.68. The van der Waals surface area contributed by atoms with Gasteiger partial charge in [-0.2, -0.15) is 0 Å². The van der Waals surface area contributed by atoms with Crippen LogP contribution in [0.3, 0.4) is 0 Å². The van der Waals surface area contributed by atoms with Gasteiger partial charge in [-0.05, 0) is 0 Å². The molecule has 2 aromatic rings. The van der Waals surface area contributed by atoms with Gasteiger partial charge in [-0.3, -0.25) is 0 Å². The molecule has 0 saturated heterocycles. The summed E-state index contributed by atoms with van der Waals surface area (Å²) in [6.07, 6.45) is 0. The normalized spacial score (nSPS) is 14.8. The van der Waals surface area contributed by atoms with Crippen LogP contribution in [0.4, 0.5) is 0 Å². The van der Waals surface area contributed by atoms with Gasteiger partial charge in [0.25, 0.3) is 0 Å². The van der Waals surface area contributed by atoms with Gasteiger partial charge in [0, 0.05) is 0 Å². The summed E-state index contributed by atoms with van der Waals surface area (Å²) in [6.45, 7) is 0. The standard InChI is InChI=1S/C10H8N2Se/c1-2-4-8-7(3-1)11-9-5-13-6-10(9)12-8/h1-4H,5-6H2. The van der Waals surface area contributed by atoms with Crippen molar-refractivity contribution in [2.75, 3.05) is 0 Å². The van der Waals surface area contributed by atoms with E-state index in [2.05, 4.69) is 9.97 Å². The van der Waals surface area contributed by atoms with E-state index < -0.39 is 0 Å². The molecule has 0 atom stereocenters. The van der Waals surface area contributed by atoms with Gasteiger partial charge >= 0.3 is 82.2 Å². The van der Waals surface area contributed by atoms with Gasteiger partial charge < -0.3 is 0 Å². The number of hydrogen-bond donors (Lipinski definition) is 0. The van der Waals surface area contributed by atoms with Crippen LogP contribution >= 0.6 is 0 Å². The van der Waals surface area contributed by atoms with Crippen LogP contribution in [-0.2, 0) is 10.6 Å². The van der Waals surface area contributed by atoms with Crippen LogP contribution in [-0.4, -0.2) is 24.9 Å². The second-order valence-corrected chi connectivity index (χ2v) is 5.17. The van der Waals surface area contributed by atoms with Gasteiger partial charge in [-0.1, -0.05) is 0 Å². The predicted octanol–water partition coefficient (Wildman–Crippen LogP) is 1.35. The van der Waals surface area contributed by atoms with E-state index in [0.29, 0.717) is 15.0 Å². The van der Waals surface area contributed by atoms with E-state index in [1.807, 2.05) is 24.3 Å². The third-order valence-electron chi connectivity index (χ3n) is 2.20. The predicted molar refractivity (Wildman–Crippen MR) is 52.7 cm³/mol. The summed E-state index contributed by atoms with van der Waals surface area (Å²) in [7, 11) is 0. The quantitative estimate of drug-likeness (QED) is 0.644. The molecule has 0 N–H and O–H groups in total. The fourth-order valence-corrected chi connectivity index (χ4v) is 3.54. The molecule has 0 amide bonds. The Morgan fingerprint density at radius 2 is 1.46 bits per heavy atom. The molecule has 0 spiro atoms. The SMILES string of the molecule is c1ccc2nc3c(nc2c1)C[Se]C3. The first-order valence-electron chi connectivity index (χ1n) is 4.26. The van der Waals surface area contributed by atoms with Crippen LogP contribution in [0.1, 0.15) is 11.4 Å². The van der Waals surface area contributed by atoms with Gasteiger partial charge in [-0.15, -0.1) is 0 Å². The van der Waals surface area contributed by atoms with Crippen molar-refractivity contribution in [3.63, 3.8) is 0 Å². The Labute approximate surface area is 82.6 Å².